The highest BCUT2D eigenvalue weighted by Gasteiger charge is 2.16. The van der Waals surface area contributed by atoms with E-state index in [1.807, 2.05) is 67.6 Å². The number of para-hydroxylation sites is 1. The topological polar surface area (TPSA) is 83.0 Å². The van der Waals surface area contributed by atoms with Crippen molar-refractivity contribution in [3.05, 3.63) is 78.1 Å². The van der Waals surface area contributed by atoms with Crippen LogP contribution in [0, 0.1) is 6.92 Å². The molecule has 2 N–H and O–H groups in total. The zero-order valence-corrected chi connectivity index (χ0v) is 17.9. The summed E-state index contributed by atoms with van der Waals surface area (Å²) < 4.78 is 0. The van der Waals surface area contributed by atoms with E-state index >= 15 is 0 Å². The maximum Gasteiger partial charge on any atom is 0.274 e. The first kappa shape index (κ1) is 19.9. The summed E-state index contributed by atoms with van der Waals surface area (Å²) in [6, 6.07) is 20.9. The third-order valence-electron chi connectivity index (χ3n) is 5.48. The van der Waals surface area contributed by atoms with Gasteiger partial charge in [0.1, 0.15) is 11.5 Å². The van der Waals surface area contributed by atoms with Crippen molar-refractivity contribution in [3.8, 4) is 0 Å². The molecular formula is C25H24N6O. The molecule has 0 aliphatic carbocycles. The third kappa shape index (κ3) is 4.37. The number of aryl methyl sites for hydroxylation is 1. The number of hydrogen-bond donors (Lipinski definition) is 2. The Bertz CT molecular complexity index is 1270. The molecule has 2 aromatic carbocycles. The molecule has 7 heteroatoms. The Morgan fingerprint density at radius 1 is 0.875 bits per heavy atom. The van der Waals surface area contributed by atoms with Gasteiger partial charge in [0, 0.05) is 41.6 Å². The summed E-state index contributed by atoms with van der Waals surface area (Å²) in [4.78, 5) is 28.5. The molecule has 3 heterocycles. The standard InChI is InChI=1S/C25H24N6O/c1-17-16-23(30-25(26-17)31-14-4-5-15-31)27-19-9-11-20(12-10-19)28-24(32)22-13-8-18-6-2-3-7-21(18)29-22/h2-3,6-13,16H,4-5,14-15H2,1H3,(H,28,32)(H,26,27,30). The highest BCUT2D eigenvalue weighted by atomic mass is 16.1. The lowest BCUT2D eigenvalue weighted by atomic mass is 10.2. The number of carbonyl (C=O) groups is 1. The second-order valence-electron chi connectivity index (χ2n) is 7.93. The molecule has 7 nitrogen and oxygen atoms in total. The van der Waals surface area contributed by atoms with Crippen LogP contribution in [0.3, 0.4) is 0 Å². The van der Waals surface area contributed by atoms with Crippen LogP contribution < -0.4 is 15.5 Å². The molecule has 1 saturated heterocycles. The van der Waals surface area contributed by atoms with Gasteiger partial charge in [0.25, 0.3) is 5.91 Å². The molecule has 1 aliphatic heterocycles. The van der Waals surface area contributed by atoms with Gasteiger partial charge in [0.05, 0.1) is 5.52 Å². The SMILES string of the molecule is Cc1cc(Nc2ccc(NC(=O)c3ccc4ccccc4n3)cc2)nc(N2CCCC2)n1. The first-order valence-corrected chi connectivity index (χ1v) is 10.8. The summed E-state index contributed by atoms with van der Waals surface area (Å²) in [5.74, 6) is 1.30. The monoisotopic (exact) mass is 424 g/mol. The van der Waals surface area contributed by atoms with E-state index < -0.39 is 0 Å². The van der Waals surface area contributed by atoms with Gasteiger partial charge in [-0.15, -0.1) is 0 Å². The van der Waals surface area contributed by atoms with E-state index in [2.05, 4.69) is 30.5 Å². The number of nitrogens with one attached hydrogen (secondary N) is 2. The molecule has 1 fully saturated rings. The Kier molecular flexibility index (Phi) is 5.37. The number of fused-ring (bicyclic) bond motifs is 1. The molecule has 160 valence electrons. The molecule has 4 aromatic rings. The number of aromatic nitrogens is 3. The maximum atomic E-state index is 12.6. The molecule has 0 radical (unpaired) electrons. The van der Waals surface area contributed by atoms with Gasteiger partial charge in [-0.1, -0.05) is 24.3 Å². The summed E-state index contributed by atoms with van der Waals surface area (Å²) in [5.41, 5.74) is 3.70. The molecule has 0 saturated carbocycles. The van der Waals surface area contributed by atoms with Crippen molar-refractivity contribution in [2.45, 2.75) is 19.8 Å². The number of hydrogen-bond acceptors (Lipinski definition) is 6. The molecule has 5 rings (SSSR count). The van der Waals surface area contributed by atoms with Gasteiger partial charge in [-0.2, -0.15) is 4.98 Å². The maximum absolute atomic E-state index is 12.6. The van der Waals surface area contributed by atoms with Crippen molar-refractivity contribution in [3.63, 3.8) is 0 Å². The van der Waals surface area contributed by atoms with Crippen LogP contribution in [0.25, 0.3) is 10.9 Å². The van der Waals surface area contributed by atoms with Crippen LogP contribution in [0.4, 0.5) is 23.1 Å². The zero-order chi connectivity index (χ0) is 21.9. The number of nitrogens with zero attached hydrogens (tertiary/aromatic N) is 4. The number of carbonyl (C=O) groups excluding carboxylic acids is 1. The van der Waals surface area contributed by atoms with Crippen LogP contribution in [0.1, 0.15) is 29.0 Å². The molecule has 32 heavy (non-hydrogen) atoms. The van der Waals surface area contributed by atoms with Crippen LogP contribution in [0.15, 0.2) is 66.7 Å². The Balaban J connectivity index is 1.27. The van der Waals surface area contributed by atoms with Crippen LogP contribution >= 0.6 is 0 Å². The van der Waals surface area contributed by atoms with Gasteiger partial charge in [0.15, 0.2) is 0 Å². The normalized spacial score (nSPS) is 13.3. The predicted octanol–water partition coefficient (Wildman–Crippen LogP) is 4.93. The van der Waals surface area contributed by atoms with Crippen molar-refractivity contribution >= 4 is 40.0 Å². The van der Waals surface area contributed by atoms with Gasteiger partial charge < -0.3 is 15.5 Å². The highest BCUT2D eigenvalue weighted by molar-refractivity contribution is 6.04. The number of pyridine rings is 1. The fraction of sp³-hybridized carbons (Fsp3) is 0.200. The van der Waals surface area contributed by atoms with E-state index in [4.69, 9.17) is 0 Å². The summed E-state index contributed by atoms with van der Waals surface area (Å²) in [7, 11) is 0. The Hall–Kier alpha value is -4.00. The fourth-order valence-electron chi connectivity index (χ4n) is 3.85. The molecule has 1 aliphatic rings. The van der Waals surface area contributed by atoms with Crippen molar-refractivity contribution in [2.24, 2.45) is 0 Å². The Morgan fingerprint density at radius 2 is 1.62 bits per heavy atom. The van der Waals surface area contributed by atoms with E-state index in [0.29, 0.717) is 11.4 Å². The molecule has 2 aromatic heterocycles. The number of anilines is 4. The third-order valence-corrected chi connectivity index (χ3v) is 5.48. The minimum absolute atomic E-state index is 0.238. The van der Waals surface area contributed by atoms with Gasteiger partial charge in [-0.05, 0) is 56.2 Å². The minimum Gasteiger partial charge on any atom is -0.341 e. The average Bonchev–Trinajstić information content (AvgIpc) is 3.35. The molecule has 0 spiro atoms. The van der Waals surface area contributed by atoms with Crippen LogP contribution in [0.2, 0.25) is 0 Å². The number of amides is 1. The van der Waals surface area contributed by atoms with Crippen molar-refractivity contribution in [2.75, 3.05) is 28.6 Å². The van der Waals surface area contributed by atoms with E-state index in [0.717, 1.165) is 47.1 Å². The predicted molar refractivity (Wildman–Crippen MR) is 128 cm³/mol. The van der Waals surface area contributed by atoms with Crippen LogP contribution in [-0.2, 0) is 0 Å². The largest absolute Gasteiger partial charge is 0.341 e. The molecular weight excluding hydrogens is 400 g/mol. The smallest absolute Gasteiger partial charge is 0.274 e. The lowest BCUT2D eigenvalue weighted by Crippen LogP contribution is -2.21. The van der Waals surface area contributed by atoms with Gasteiger partial charge in [-0.25, -0.2) is 9.97 Å². The van der Waals surface area contributed by atoms with Gasteiger partial charge in [-0.3, -0.25) is 4.79 Å². The van der Waals surface area contributed by atoms with Crippen LogP contribution in [-0.4, -0.2) is 33.9 Å². The lowest BCUT2D eigenvalue weighted by molar-refractivity contribution is 0.102. The molecule has 1 amide bonds. The summed E-state index contributed by atoms with van der Waals surface area (Å²) in [6.45, 7) is 3.98. The first-order valence-electron chi connectivity index (χ1n) is 10.8. The summed E-state index contributed by atoms with van der Waals surface area (Å²) >= 11 is 0. The zero-order valence-electron chi connectivity index (χ0n) is 17.9. The second-order valence-corrected chi connectivity index (χ2v) is 7.93. The van der Waals surface area contributed by atoms with Crippen LogP contribution in [0.5, 0.6) is 0 Å². The average molecular weight is 425 g/mol. The first-order chi connectivity index (χ1) is 15.6. The molecule has 0 atom stereocenters. The van der Waals surface area contributed by atoms with E-state index in [1.54, 1.807) is 6.07 Å². The van der Waals surface area contributed by atoms with Crippen molar-refractivity contribution in [1.82, 2.24) is 15.0 Å². The number of benzene rings is 2. The Labute approximate surface area is 186 Å². The fourth-order valence-corrected chi connectivity index (χ4v) is 3.85. The molecule has 0 bridgehead atoms. The molecule has 0 unspecified atom stereocenters. The highest BCUT2D eigenvalue weighted by Crippen LogP contribution is 2.22. The van der Waals surface area contributed by atoms with Gasteiger partial charge >= 0.3 is 0 Å². The minimum atomic E-state index is -0.238. The van der Waals surface area contributed by atoms with Crippen molar-refractivity contribution in [1.29, 1.82) is 0 Å². The van der Waals surface area contributed by atoms with E-state index in [9.17, 15) is 4.79 Å². The quantitative estimate of drug-likeness (QED) is 0.473. The Morgan fingerprint density at radius 3 is 2.44 bits per heavy atom. The van der Waals surface area contributed by atoms with E-state index in [-0.39, 0.29) is 5.91 Å². The summed E-state index contributed by atoms with van der Waals surface area (Å²) in [6.07, 6.45) is 2.37. The second kappa shape index (κ2) is 8.63. The van der Waals surface area contributed by atoms with E-state index in [1.165, 1.54) is 12.8 Å². The lowest BCUT2D eigenvalue weighted by Gasteiger charge is -2.17. The summed E-state index contributed by atoms with van der Waals surface area (Å²) in [5, 5.41) is 7.25. The van der Waals surface area contributed by atoms with Crippen molar-refractivity contribution < 1.29 is 4.79 Å². The van der Waals surface area contributed by atoms with Gasteiger partial charge in [0.2, 0.25) is 5.95 Å². The number of rotatable bonds is 5.